The maximum absolute atomic E-state index is 12.3. The second kappa shape index (κ2) is 5.04. The van der Waals surface area contributed by atoms with Gasteiger partial charge in [0, 0.05) is 19.1 Å². The fourth-order valence-electron chi connectivity index (χ4n) is 2.75. The minimum Gasteiger partial charge on any atom is -0.369 e. The Morgan fingerprint density at radius 2 is 2.00 bits per heavy atom. The lowest BCUT2D eigenvalue weighted by molar-refractivity contribution is -0.141. The van der Waals surface area contributed by atoms with Crippen LogP contribution < -0.4 is 11.1 Å². The van der Waals surface area contributed by atoms with E-state index in [9.17, 15) is 9.59 Å². The summed E-state index contributed by atoms with van der Waals surface area (Å²) in [6.07, 6.45) is 2.59. The van der Waals surface area contributed by atoms with E-state index >= 15 is 0 Å². The van der Waals surface area contributed by atoms with Gasteiger partial charge in [0.25, 0.3) is 0 Å². The van der Waals surface area contributed by atoms with Gasteiger partial charge in [0.1, 0.15) is 0 Å². The zero-order chi connectivity index (χ0) is 12.4. The van der Waals surface area contributed by atoms with Gasteiger partial charge < -0.3 is 16.0 Å². The smallest absolute Gasteiger partial charge is 0.227 e. The molecule has 5 nitrogen and oxygen atoms in total. The predicted octanol–water partition coefficient (Wildman–Crippen LogP) is -0.292. The first-order valence-electron chi connectivity index (χ1n) is 6.40. The Bertz CT molecular complexity index is 313. The number of hydrogen-bond acceptors (Lipinski definition) is 3. The van der Waals surface area contributed by atoms with Gasteiger partial charge in [-0.2, -0.15) is 0 Å². The lowest BCUT2D eigenvalue weighted by Gasteiger charge is -2.38. The van der Waals surface area contributed by atoms with Gasteiger partial charge in [0.05, 0.1) is 11.8 Å². The molecule has 0 aromatic rings. The lowest BCUT2D eigenvalue weighted by Crippen LogP contribution is -2.50. The maximum atomic E-state index is 12.3. The third kappa shape index (κ3) is 2.60. The SMILES string of the molecule is C[C@@H]1CC[C@@H](C(N)=O)CN1C(=O)[C@@H]1CCNC1. The van der Waals surface area contributed by atoms with Gasteiger partial charge in [0.2, 0.25) is 11.8 Å². The molecule has 0 aromatic heterocycles. The normalized spacial score (nSPS) is 33.7. The topological polar surface area (TPSA) is 75.4 Å². The summed E-state index contributed by atoms with van der Waals surface area (Å²) in [5.74, 6) is -0.165. The Balaban J connectivity index is 2.01. The summed E-state index contributed by atoms with van der Waals surface area (Å²) in [5.41, 5.74) is 5.34. The van der Waals surface area contributed by atoms with Crippen molar-refractivity contribution in [3.05, 3.63) is 0 Å². The van der Waals surface area contributed by atoms with Crippen LogP contribution in [0.1, 0.15) is 26.2 Å². The average Bonchev–Trinajstić information content (AvgIpc) is 2.81. The fraction of sp³-hybridized carbons (Fsp3) is 0.833. The summed E-state index contributed by atoms with van der Waals surface area (Å²) < 4.78 is 0. The average molecular weight is 239 g/mol. The van der Waals surface area contributed by atoms with Crippen LogP contribution in [0.15, 0.2) is 0 Å². The minimum atomic E-state index is -0.278. The summed E-state index contributed by atoms with van der Waals surface area (Å²) in [5, 5.41) is 3.20. The standard InChI is InChI=1S/C12H21N3O2/c1-8-2-3-10(11(13)16)7-15(8)12(17)9-4-5-14-6-9/h8-10,14H,2-7H2,1H3,(H2,13,16)/t8-,9-,10-/m1/s1. The van der Waals surface area contributed by atoms with Crippen LogP contribution in [0.25, 0.3) is 0 Å². The maximum Gasteiger partial charge on any atom is 0.227 e. The van der Waals surface area contributed by atoms with Gasteiger partial charge in [-0.25, -0.2) is 0 Å². The molecule has 2 amide bonds. The summed E-state index contributed by atoms with van der Waals surface area (Å²) in [7, 11) is 0. The summed E-state index contributed by atoms with van der Waals surface area (Å²) in [4.78, 5) is 25.4. The van der Waals surface area contributed by atoms with Crippen molar-refractivity contribution in [2.75, 3.05) is 19.6 Å². The van der Waals surface area contributed by atoms with Gasteiger partial charge in [-0.05, 0) is 32.7 Å². The van der Waals surface area contributed by atoms with Crippen LogP contribution in [0, 0.1) is 11.8 Å². The van der Waals surface area contributed by atoms with Crippen LogP contribution in [0.2, 0.25) is 0 Å². The first kappa shape index (κ1) is 12.4. The molecule has 2 aliphatic rings. The molecule has 0 bridgehead atoms. The van der Waals surface area contributed by atoms with Crippen molar-refractivity contribution < 1.29 is 9.59 Å². The Morgan fingerprint density at radius 3 is 2.59 bits per heavy atom. The van der Waals surface area contributed by atoms with Crippen molar-refractivity contribution >= 4 is 11.8 Å². The molecule has 3 atom stereocenters. The molecule has 2 fully saturated rings. The van der Waals surface area contributed by atoms with Crippen molar-refractivity contribution in [3.8, 4) is 0 Å². The number of nitrogens with zero attached hydrogens (tertiary/aromatic N) is 1. The summed E-state index contributed by atoms with van der Waals surface area (Å²) >= 11 is 0. The molecule has 2 heterocycles. The van der Waals surface area contributed by atoms with E-state index in [1.165, 1.54) is 0 Å². The molecule has 0 aromatic carbocycles. The highest BCUT2D eigenvalue weighted by molar-refractivity contribution is 5.82. The molecule has 5 heteroatoms. The highest BCUT2D eigenvalue weighted by Gasteiger charge is 2.35. The number of nitrogens with two attached hydrogens (primary N) is 1. The van der Waals surface area contributed by atoms with Gasteiger partial charge in [-0.1, -0.05) is 0 Å². The number of nitrogens with one attached hydrogen (secondary N) is 1. The minimum absolute atomic E-state index is 0.0871. The molecular weight excluding hydrogens is 218 g/mol. The molecule has 17 heavy (non-hydrogen) atoms. The van der Waals surface area contributed by atoms with E-state index in [4.69, 9.17) is 5.73 Å². The number of amides is 2. The summed E-state index contributed by atoms with van der Waals surface area (Å²) in [6.45, 7) is 4.24. The largest absolute Gasteiger partial charge is 0.369 e. The first-order valence-corrected chi connectivity index (χ1v) is 6.40. The Morgan fingerprint density at radius 1 is 1.24 bits per heavy atom. The summed E-state index contributed by atoms with van der Waals surface area (Å²) in [6, 6.07) is 0.235. The van der Waals surface area contributed by atoms with Crippen LogP contribution in [0.3, 0.4) is 0 Å². The third-order valence-electron chi connectivity index (χ3n) is 3.98. The molecule has 0 aliphatic carbocycles. The van der Waals surface area contributed by atoms with Crippen LogP contribution in [0.5, 0.6) is 0 Å². The molecule has 0 unspecified atom stereocenters. The number of primary amides is 1. The van der Waals surface area contributed by atoms with Crippen LogP contribution in [-0.4, -0.2) is 42.4 Å². The van der Waals surface area contributed by atoms with E-state index in [-0.39, 0.29) is 29.7 Å². The Labute approximate surface area is 102 Å². The number of carbonyl (C=O) groups is 2. The Kier molecular flexibility index (Phi) is 3.66. The van der Waals surface area contributed by atoms with Crippen molar-refractivity contribution in [1.82, 2.24) is 10.2 Å². The Hall–Kier alpha value is -1.10. The van der Waals surface area contributed by atoms with Crippen LogP contribution in [-0.2, 0) is 9.59 Å². The zero-order valence-corrected chi connectivity index (χ0v) is 10.3. The molecule has 96 valence electrons. The van der Waals surface area contributed by atoms with E-state index < -0.39 is 0 Å². The fourth-order valence-corrected chi connectivity index (χ4v) is 2.75. The van der Waals surface area contributed by atoms with Crippen molar-refractivity contribution in [2.45, 2.75) is 32.2 Å². The molecule has 0 saturated carbocycles. The van der Waals surface area contributed by atoms with E-state index in [2.05, 4.69) is 12.2 Å². The third-order valence-corrected chi connectivity index (χ3v) is 3.98. The molecule has 3 N–H and O–H groups in total. The number of piperidine rings is 1. The van der Waals surface area contributed by atoms with E-state index in [1.807, 2.05) is 4.90 Å². The molecule has 2 saturated heterocycles. The zero-order valence-electron chi connectivity index (χ0n) is 10.3. The molecule has 0 spiro atoms. The van der Waals surface area contributed by atoms with Gasteiger partial charge in [-0.3, -0.25) is 9.59 Å². The quantitative estimate of drug-likeness (QED) is 0.695. The van der Waals surface area contributed by atoms with E-state index in [0.717, 1.165) is 32.4 Å². The van der Waals surface area contributed by atoms with E-state index in [0.29, 0.717) is 6.54 Å². The van der Waals surface area contributed by atoms with Crippen LogP contribution >= 0.6 is 0 Å². The highest BCUT2D eigenvalue weighted by Crippen LogP contribution is 2.24. The van der Waals surface area contributed by atoms with Crippen molar-refractivity contribution in [3.63, 3.8) is 0 Å². The number of hydrogen-bond donors (Lipinski definition) is 2. The van der Waals surface area contributed by atoms with Gasteiger partial charge >= 0.3 is 0 Å². The van der Waals surface area contributed by atoms with Crippen LogP contribution in [0.4, 0.5) is 0 Å². The first-order chi connectivity index (χ1) is 8.09. The molecule has 2 rings (SSSR count). The second-order valence-corrected chi connectivity index (χ2v) is 5.21. The van der Waals surface area contributed by atoms with Crippen molar-refractivity contribution in [1.29, 1.82) is 0 Å². The predicted molar refractivity (Wildman–Crippen MR) is 64.1 cm³/mol. The number of rotatable bonds is 2. The monoisotopic (exact) mass is 239 g/mol. The highest BCUT2D eigenvalue weighted by atomic mass is 16.2. The second-order valence-electron chi connectivity index (χ2n) is 5.21. The number of likely N-dealkylation sites (tertiary alicyclic amines) is 1. The number of carbonyl (C=O) groups excluding carboxylic acids is 2. The van der Waals surface area contributed by atoms with Gasteiger partial charge in [-0.15, -0.1) is 0 Å². The van der Waals surface area contributed by atoms with E-state index in [1.54, 1.807) is 0 Å². The molecular formula is C12H21N3O2. The molecule has 0 radical (unpaired) electrons. The van der Waals surface area contributed by atoms with Crippen molar-refractivity contribution in [2.24, 2.45) is 17.6 Å². The lowest BCUT2D eigenvalue weighted by atomic mass is 9.91. The molecule has 2 aliphatic heterocycles. The van der Waals surface area contributed by atoms with Gasteiger partial charge in [0.15, 0.2) is 0 Å².